The van der Waals surface area contributed by atoms with Gasteiger partial charge in [0.2, 0.25) is 0 Å². The number of rotatable bonds is 7. The highest BCUT2D eigenvalue weighted by Crippen LogP contribution is 2.16. The molecule has 0 spiro atoms. The number of nitrogens with zero attached hydrogens (tertiary/aromatic N) is 1. The van der Waals surface area contributed by atoms with Crippen LogP contribution in [0.1, 0.15) is 40.5 Å². The van der Waals surface area contributed by atoms with Crippen LogP contribution in [0, 0.1) is 5.92 Å². The minimum absolute atomic E-state index is 0.664. The van der Waals surface area contributed by atoms with E-state index in [-0.39, 0.29) is 0 Å². The number of hydrogen-bond acceptors (Lipinski definition) is 3. The highest BCUT2D eigenvalue weighted by Gasteiger charge is 2.25. The molecule has 0 bridgehead atoms. The van der Waals surface area contributed by atoms with Gasteiger partial charge in [-0.05, 0) is 43.7 Å². The molecule has 102 valence electrons. The van der Waals surface area contributed by atoms with Crippen LogP contribution in [0.5, 0.6) is 0 Å². The van der Waals surface area contributed by atoms with Crippen LogP contribution in [0.25, 0.3) is 0 Å². The van der Waals surface area contributed by atoms with Crippen molar-refractivity contribution in [3.05, 3.63) is 0 Å². The minimum Gasteiger partial charge on any atom is -0.311 e. The quantitative estimate of drug-likeness (QED) is 0.707. The number of nitrogens with one attached hydrogen (secondary N) is 1. The molecule has 1 fully saturated rings. The van der Waals surface area contributed by atoms with Crippen LogP contribution in [0.15, 0.2) is 0 Å². The zero-order chi connectivity index (χ0) is 12.7. The van der Waals surface area contributed by atoms with Crippen LogP contribution in [0.2, 0.25) is 0 Å². The van der Waals surface area contributed by atoms with Crippen LogP contribution >= 0.6 is 11.8 Å². The van der Waals surface area contributed by atoms with E-state index in [1.165, 1.54) is 44.0 Å². The molecule has 1 N–H and O–H groups in total. The normalized spacial score (nSPS) is 26.6. The molecule has 2 nitrogen and oxygen atoms in total. The van der Waals surface area contributed by atoms with Gasteiger partial charge in [-0.2, -0.15) is 11.8 Å². The van der Waals surface area contributed by atoms with E-state index in [1.807, 2.05) is 0 Å². The third kappa shape index (κ3) is 6.12. The fourth-order valence-electron chi connectivity index (χ4n) is 2.60. The van der Waals surface area contributed by atoms with E-state index < -0.39 is 0 Å². The van der Waals surface area contributed by atoms with Gasteiger partial charge in [-0.3, -0.25) is 4.90 Å². The summed E-state index contributed by atoms with van der Waals surface area (Å²) in [5.74, 6) is 3.39. The number of hydrogen-bond donors (Lipinski definition) is 1. The molecule has 0 amide bonds. The molecule has 1 rings (SSSR count). The van der Waals surface area contributed by atoms with E-state index in [1.54, 1.807) is 0 Å². The second-order valence-corrected chi connectivity index (χ2v) is 7.03. The molecule has 0 radical (unpaired) electrons. The van der Waals surface area contributed by atoms with Crippen LogP contribution in [-0.4, -0.2) is 48.1 Å². The van der Waals surface area contributed by atoms with Crippen molar-refractivity contribution in [3.63, 3.8) is 0 Å². The summed E-state index contributed by atoms with van der Waals surface area (Å²) in [6, 6.07) is 1.43. The molecule has 1 aliphatic rings. The van der Waals surface area contributed by atoms with Gasteiger partial charge in [0.25, 0.3) is 0 Å². The Balaban J connectivity index is 2.33. The summed E-state index contributed by atoms with van der Waals surface area (Å²) in [4.78, 5) is 2.72. The molecule has 1 heterocycles. The summed E-state index contributed by atoms with van der Waals surface area (Å²) in [5, 5.41) is 3.62. The van der Waals surface area contributed by atoms with Crippen LogP contribution < -0.4 is 5.32 Å². The van der Waals surface area contributed by atoms with Crippen LogP contribution in [0.3, 0.4) is 0 Å². The van der Waals surface area contributed by atoms with Gasteiger partial charge in [0.1, 0.15) is 0 Å². The third-order valence-corrected chi connectivity index (χ3v) is 4.39. The largest absolute Gasteiger partial charge is 0.311 e. The summed E-state index contributed by atoms with van der Waals surface area (Å²) in [6.45, 7) is 12.9. The molecule has 1 aliphatic heterocycles. The van der Waals surface area contributed by atoms with Gasteiger partial charge in [-0.25, -0.2) is 0 Å². The maximum atomic E-state index is 3.62. The summed E-state index contributed by atoms with van der Waals surface area (Å²) < 4.78 is 0. The first kappa shape index (κ1) is 15.3. The summed E-state index contributed by atoms with van der Waals surface area (Å²) in [6.07, 6.45) is 2.68. The van der Waals surface area contributed by atoms with Crippen LogP contribution in [-0.2, 0) is 0 Å². The predicted molar refractivity (Wildman–Crippen MR) is 79.9 cm³/mol. The van der Waals surface area contributed by atoms with Crippen molar-refractivity contribution in [1.29, 1.82) is 0 Å². The first-order valence-electron chi connectivity index (χ1n) is 7.18. The molecule has 2 atom stereocenters. The summed E-state index contributed by atoms with van der Waals surface area (Å²) >= 11 is 2.07. The first-order valence-corrected chi connectivity index (χ1v) is 8.34. The van der Waals surface area contributed by atoms with Gasteiger partial charge in [-0.15, -0.1) is 0 Å². The molecule has 0 aliphatic carbocycles. The van der Waals surface area contributed by atoms with Gasteiger partial charge >= 0.3 is 0 Å². The minimum atomic E-state index is 0.664. The lowest BCUT2D eigenvalue weighted by atomic mass is 9.99. The van der Waals surface area contributed by atoms with E-state index in [0.29, 0.717) is 6.04 Å². The zero-order valence-corrected chi connectivity index (χ0v) is 12.9. The average Bonchev–Trinajstić information content (AvgIpc) is 2.27. The molecular weight excluding hydrogens is 228 g/mol. The summed E-state index contributed by atoms with van der Waals surface area (Å²) in [5.41, 5.74) is 0. The zero-order valence-electron chi connectivity index (χ0n) is 12.0. The number of piperazine rings is 1. The highest BCUT2D eigenvalue weighted by atomic mass is 32.2. The second kappa shape index (κ2) is 8.39. The predicted octanol–water partition coefficient (Wildman–Crippen LogP) is 2.84. The van der Waals surface area contributed by atoms with E-state index in [9.17, 15) is 0 Å². The first-order chi connectivity index (χ1) is 8.13. The van der Waals surface area contributed by atoms with Gasteiger partial charge in [0.05, 0.1) is 0 Å². The molecule has 0 aromatic heterocycles. The average molecular weight is 258 g/mol. The van der Waals surface area contributed by atoms with E-state index in [4.69, 9.17) is 0 Å². The highest BCUT2D eigenvalue weighted by molar-refractivity contribution is 7.99. The summed E-state index contributed by atoms with van der Waals surface area (Å²) in [7, 11) is 0. The Morgan fingerprint density at radius 1 is 1.41 bits per heavy atom. The van der Waals surface area contributed by atoms with Crippen molar-refractivity contribution >= 4 is 11.8 Å². The monoisotopic (exact) mass is 258 g/mol. The second-order valence-electron chi connectivity index (χ2n) is 5.64. The Morgan fingerprint density at radius 3 is 2.82 bits per heavy atom. The van der Waals surface area contributed by atoms with Crippen molar-refractivity contribution in [2.24, 2.45) is 5.92 Å². The Morgan fingerprint density at radius 2 is 2.18 bits per heavy atom. The molecular formula is C14H30N2S. The standard InChI is InChI=1S/C14H30N2S/c1-5-17-8-6-7-16-11-13(4)15-10-14(16)9-12(2)3/h12-15H,5-11H2,1-4H3. The fraction of sp³-hybridized carbons (Fsp3) is 1.00. The Labute approximate surface area is 112 Å². The molecule has 0 aromatic carbocycles. The molecule has 3 heteroatoms. The SMILES string of the molecule is CCSCCCN1CC(C)NCC1CC(C)C. The van der Waals surface area contributed by atoms with E-state index >= 15 is 0 Å². The smallest absolute Gasteiger partial charge is 0.0223 e. The van der Waals surface area contributed by atoms with Crippen molar-refractivity contribution < 1.29 is 0 Å². The molecule has 1 saturated heterocycles. The third-order valence-electron chi connectivity index (χ3n) is 3.41. The maximum Gasteiger partial charge on any atom is 0.0223 e. The lowest BCUT2D eigenvalue weighted by molar-refractivity contribution is 0.119. The maximum absolute atomic E-state index is 3.62. The van der Waals surface area contributed by atoms with Gasteiger partial charge in [-0.1, -0.05) is 20.8 Å². The Hall–Kier alpha value is 0.270. The van der Waals surface area contributed by atoms with E-state index in [2.05, 4.69) is 49.7 Å². The van der Waals surface area contributed by atoms with Crippen molar-refractivity contribution in [2.45, 2.75) is 52.6 Å². The van der Waals surface area contributed by atoms with Gasteiger partial charge < -0.3 is 5.32 Å². The molecule has 17 heavy (non-hydrogen) atoms. The van der Waals surface area contributed by atoms with Crippen LogP contribution in [0.4, 0.5) is 0 Å². The molecule has 0 saturated carbocycles. The lowest BCUT2D eigenvalue weighted by Gasteiger charge is -2.40. The Bertz CT molecular complexity index is 197. The topological polar surface area (TPSA) is 15.3 Å². The lowest BCUT2D eigenvalue weighted by Crippen LogP contribution is -2.56. The number of thioether (sulfide) groups is 1. The van der Waals surface area contributed by atoms with Gasteiger partial charge in [0.15, 0.2) is 0 Å². The molecule has 2 unspecified atom stereocenters. The van der Waals surface area contributed by atoms with Gasteiger partial charge in [0, 0.05) is 25.2 Å². The fourth-order valence-corrected chi connectivity index (χ4v) is 3.22. The van der Waals surface area contributed by atoms with Crippen molar-refractivity contribution in [2.75, 3.05) is 31.1 Å². The van der Waals surface area contributed by atoms with E-state index in [0.717, 1.165) is 12.0 Å². The van der Waals surface area contributed by atoms with Crippen molar-refractivity contribution in [3.8, 4) is 0 Å². The van der Waals surface area contributed by atoms with Crippen molar-refractivity contribution in [1.82, 2.24) is 10.2 Å². The molecule has 0 aromatic rings. The Kier molecular flexibility index (Phi) is 7.56.